The molecule has 0 aliphatic heterocycles. The molecule has 0 aliphatic rings. The second kappa shape index (κ2) is 5.83. The summed E-state index contributed by atoms with van der Waals surface area (Å²) in [7, 11) is 0. The van der Waals surface area contributed by atoms with Crippen molar-refractivity contribution in [1.82, 2.24) is 19.4 Å². The highest BCUT2D eigenvalue weighted by Crippen LogP contribution is 2.33. The van der Waals surface area contributed by atoms with Crippen molar-refractivity contribution < 1.29 is 0 Å². The monoisotopic (exact) mass is 375 g/mol. The van der Waals surface area contributed by atoms with Crippen LogP contribution in [0, 0.1) is 13.8 Å². The Bertz CT molecular complexity index is 1130. The number of nitrogen functional groups attached to an aromatic ring is 1. The van der Waals surface area contributed by atoms with Crippen LogP contribution in [-0.2, 0) is 5.75 Å². The Morgan fingerprint density at radius 3 is 2.96 bits per heavy atom. The van der Waals surface area contributed by atoms with Gasteiger partial charge in [-0.05, 0) is 19.4 Å². The lowest BCUT2D eigenvalue weighted by atomic mass is 10.2. The molecule has 0 unspecified atom stereocenters. The molecule has 0 radical (unpaired) electrons. The van der Waals surface area contributed by atoms with Crippen molar-refractivity contribution in [2.24, 2.45) is 0 Å². The van der Waals surface area contributed by atoms with E-state index in [0.29, 0.717) is 27.4 Å². The number of thioether (sulfide) groups is 1. The van der Waals surface area contributed by atoms with Crippen molar-refractivity contribution in [3.8, 4) is 0 Å². The molecule has 0 fully saturated rings. The average molecular weight is 376 g/mol. The molecule has 24 heavy (non-hydrogen) atoms. The van der Waals surface area contributed by atoms with Crippen LogP contribution in [0.1, 0.15) is 16.1 Å². The van der Waals surface area contributed by atoms with Crippen LogP contribution in [0.5, 0.6) is 0 Å². The minimum absolute atomic E-state index is 0.0720. The van der Waals surface area contributed by atoms with Crippen molar-refractivity contribution in [3.05, 3.63) is 44.1 Å². The Hall–Kier alpha value is -1.97. The maximum Gasteiger partial charge on any atom is 0.258 e. The molecule has 9 heteroatoms. The largest absolute Gasteiger partial charge is 0.383 e. The van der Waals surface area contributed by atoms with Gasteiger partial charge in [0, 0.05) is 28.3 Å². The van der Waals surface area contributed by atoms with Gasteiger partial charge in [-0.3, -0.25) is 9.20 Å². The Kier molecular flexibility index (Phi) is 3.78. The Morgan fingerprint density at radius 1 is 1.29 bits per heavy atom. The Morgan fingerprint density at radius 2 is 2.12 bits per heavy atom. The van der Waals surface area contributed by atoms with E-state index in [0.717, 1.165) is 15.8 Å². The zero-order chi connectivity index (χ0) is 16.8. The van der Waals surface area contributed by atoms with Gasteiger partial charge in [-0.1, -0.05) is 11.8 Å². The molecule has 4 aromatic rings. The highest BCUT2D eigenvalue weighted by molar-refractivity contribution is 7.98. The SMILES string of the molecule is Cc1sc2nc(SCc3cc(=O)n4ccsc4n3)nc(N)c2c1C. The van der Waals surface area contributed by atoms with Crippen LogP contribution >= 0.6 is 34.4 Å². The molecule has 0 bridgehead atoms. The van der Waals surface area contributed by atoms with E-state index in [1.54, 1.807) is 23.6 Å². The zero-order valence-electron chi connectivity index (χ0n) is 12.9. The molecule has 0 atom stereocenters. The van der Waals surface area contributed by atoms with Crippen molar-refractivity contribution in [2.45, 2.75) is 24.8 Å². The third-order valence-corrected chi connectivity index (χ3v) is 6.48. The summed E-state index contributed by atoms with van der Waals surface area (Å²) in [6.07, 6.45) is 1.73. The maximum absolute atomic E-state index is 12.0. The number of nitrogens with zero attached hydrogens (tertiary/aromatic N) is 4. The molecule has 4 heterocycles. The molecule has 4 aromatic heterocycles. The minimum atomic E-state index is -0.0720. The second-order valence-corrected chi connectivity index (χ2v) is 8.30. The predicted molar refractivity (Wildman–Crippen MR) is 100 cm³/mol. The van der Waals surface area contributed by atoms with Gasteiger partial charge in [-0.2, -0.15) is 0 Å². The van der Waals surface area contributed by atoms with E-state index < -0.39 is 0 Å². The van der Waals surface area contributed by atoms with Gasteiger partial charge in [0.15, 0.2) is 10.1 Å². The third kappa shape index (κ3) is 2.58. The number of anilines is 1. The minimum Gasteiger partial charge on any atom is -0.383 e. The molecule has 4 rings (SSSR count). The fraction of sp³-hybridized carbons (Fsp3) is 0.200. The first-order chi connectivity index (χ1) is 11.5. The Balaban J connectivity index is 1.65. The average Bonchev–Trinajstić information content (AvgIpc) is 3.11. The van der Waals surface area contributed by atoms with Crippen molar-refractivity contribution >= 4 is 55.4 Å². The number of hydrogen-bond acceptors (Lipinski definition) is 8. The lowest BCUT2D eigenvalue weighted by Crippen LogP contribution is -2.12. The summed E-state index contributed by atoms with van der Waals surface area (Å²) < 4.78 is 1.54. The topological polar surface area (TPSA) is 86.2 Å². The normalized spacial score (nSPS) is 11.6. The fourth-order valence-corrected chi connectivity index (χ4v) is 5.00. The van der Waals surface area contributed by atoms with Gasteiger partial charge >= 0.3 is 0 Å². The summed E-state index contributed by atoms with van der Waals surface area (Å²) >= 11 is 4.50. The lowest BCUT2D eigenvalue weighted by Gasteiger charge is -2.03. The maximum atomic E-state index is 12.0. The zero-order valence-corrected chi connectivity index (χ0v) is 15.4. The number of thiophene rings is 1. The van der Waals surface area contributed by atoms with E-state index >= 15 is 0 Å². The first kappa shape index (κ1) is 15.6. The standard InChI is InChI=1S/C15H13N5OS3/c1-7-8(2)24-13-11(7)12(16)18-14(19-13)23-6-9-5-10(21)20-3-4-22-15(20)17-9/h3-5H,6H2,1-2H3,(H2,16,18,19). The number of aromatic nitrogens is 4. The molecule has 0 aliphatic carbocycles. The number of nitrogens with two attached hydrogens (primary N) is 1. The molecular weight excluding hydrogens is 362 g/mol. The molecule has 0 spiro atoms. The number of hydrogen-bond donors (Lipinski definition) is 1. The highest BCUT2D eigenvalue weighted by Gasteiger charge is 2.13. The summed E-state index contributed by atoms with van der Waals surface area (Å²) in [5.74, 6) is 1.03. The Labute approximate surface area is 149 Å². The number of fused-ring (bicyclic) bond motifs is 2. The molecule has 122 valence electrons. The summed E-state index contributed by atoms with van der Waals surface area (Å²) in [5.41, 5.74) is 7.88. The van der Waals surface area contributed by atoms with Crippen LogP contribution in [0.25, 0.3) is 15.2 Å². The van der Waals surface area contributed by atoms with Crippen LogP contribution in [0.15, 0.2) is 27.6 Å². The fourth-order valence-electron chi connectivity index (χ4n) is 2.43. The van der Waals surface area contributed by atoms with Crippen LogP contribution < -0.4 is 11.3 Å². The number of aryl methyl sites for hydroxylation is 2. The summed E-state index contributed by atoms with van der Waals surface area (Å²) in [4.78, 5) is 28.3. The number of thiazole rings is 1. The van der Waals surface area contributed by atoms with Gasteiger partial charge in [0.05, 0.1) is 11.1 Å². The van der Waals surface area contributed by atoms with Crippen molar-refractivity contribution in [1.29, 1.82) is 0 Å². The first-order valence-electron chi connectivity index (χ1n) is 7.14. The molecule has 0 aromatic carbocycles. The smallest absolute Gasteiger partial charge is 0.258 e. The molecule has 0 saturated heterocycles. The molecule has 2 N–H and O–H groups in total. The molecule has 0 saturated carbocycles. The molecule has 0 amide bonds. The van der Waals surface area contributed by atoms with Gasteiger partial charge in [0.2, 0.25) is 0 Å². The van der Waals surface area contributed by atoms with Crippen molar-refractivity contribution in [2.75, 3.05) is 5.73 Å². The van der Waals surface area contributed by atoms with Crippen LogP contribution in [0.3, 0.4) is 0 Å². The highest BCUT2D eigenvalue weighted by atomic mass is 32.2. The number of rotatable bonds is 3. The van der Waals surface area contributed by atoms with Crippen LogP contribution in [0.4, 0.5) is 5.82 Å². The molecular formula is C15H13N5OS3. The first-order valence-corrected chi connectivity index (χ1v) is 9.83. The van der Waals surface area contributed by atoms with E-state index in [1.165, 1.54) is 32.4 Å². The summed E-state index contributed by atoms with van der Waals surface area (Å²) in [6, 6.07) is 1.55. The van der Waals surface area contributed by atoms with Gasteiger partial charge in [-0.25, -0.2) is 15.0 Å². The quantitative estimate of drug-likeness (QED) is 0.437. The van der Waals surface area contributed by atoms with E-state index in [-0.39, 0.29) is 5.56 Å². The second-order valence-electron chi connectivity index (χ2n) is 5.28. The van der Waals surface area contributed by atoms with Gasteiger partial charge in [0.1, 0.15) is 10.6 Å². The van der Waals surface area contributed by atoms with E-state index in [9.17, 15) is 4.79 Å². The third-order valence-electron chi connectivity index (χ3n) is 3.74. The van der Waals surface area contributed by atoms with Crippen LogP contribution in [0.2, 0.25) is 0 Å². The molecule has 6 nitrogen and oxygen atoms in total. The van der Waals surface area contributed by atoms with Gasteiger partial charge in [0.25, 0.3) is 5.56 Å². The van der Waals surface area contributed by atoms with Crippen molar-refractivity contribution in [3.63, 3.8) is 0 Å². The van der Waals surface area contributed by atoms with E-state index in [4.69, 9.17) is 5.73 Å². The van der Waals surface area contributed by atoms with E-state index in [2.05, 4.69) is 21.9 Å². The summed E-state index contributed by atoms with van der Waals surface area (Å²) in [6.45, 7) is 4.09. The van der Waals surface area contributed by atoms with Crippen LogP contribution in [-0.4, -0.2) is 19.4 Å². The van der Waals surface area contributed by atoms with Gasteiger partial charge in [-0.15, -0.1) is 22.7 Å². The summed E-state index contributed by atoms with van der Waals surface area (Å²) in [5, 5.41) is 3.40. The van der Waals surface area contributed by atoms with Gasteiger partial charge < -0.3 is 5.73 Å². The predicted octanol–water partition coefficient (Wildman–Crippen LogP) is 3.25. The van der Waals surface area contributed by atoms with E-state index in [1.807, 2.05) is 12.3 Å². The lowest BCUT2D eigenvalue weighted by molar-refractivity contribution is 1.01.